The third kappa shape index (κ3) is 5.77. The SMILES string of the molecule is Cc1cccc(CN(Cc2ccc(F)cc2)Cc2nc(C(=O)N3CCOCC3)co2)c1. The van der Waals surface area contributed by atoms with Crippen molar-refractivity contribution in [3.05, 3.63) is 88.9 Å². The van der Waals surface area contributed by atoms with E-state index in [-0.39, 0.29) is 11.7 Å². The van der Waals surface area contributed by atoms with Gasteiger partial charge in [-0.1, -0.05) is 42.0 Å². The number of aromatic nitrogens is 1. The van der Waals surface area contributed by atoms with Crippen LogP contribution in [-0.4, -0.2) is 47.0 Å². The van der Waals surface area contributed by atoms with Gasteiger partial charge in [-0.25, -0.2) is 9.37 Å². The van der Waals surface area contributed by atoms with Gasteiger partial charge in [0.1, 0.15) is 12.1 Å². The van der Waals surface area contributed by atoms with Crippen LogP contribution in [0.5, 0.6) is 0 Å². The van der Waals surface area contributed by atoms with Crippen LogP contribution in [0.4, 0.5) is 4.39 Å². The second kappa shape index (κ2) is 9.85. The summed E-state index contributed by atoms with van der Waals surface area (Å²) in [5.74, 6) is 0.0846. The number of ether oxygens (including phenoxy) is 1. The molecule has 1 saturated heterocycles. The highest BCUT2D eigenvalue weighted by Gasteiger charge is 2.22. The first-order valence-electron chi connectivity index (χ1n) is 10.4. The first-order chi connectivity index (χ1) is 15.1. The normalized spacial score (nSPS) is 14.2. The van der Waals surface area contributed by atoms with Crippen LogP contribution in [0, 0.1) is 12.7 Å². The molecule has 1 aliphatic rings. The third-order valence-electron chi connectivity index (χ3n) is 5.24. The average molecular weight is 423 g/mol. The predicted molar refractivity (Wildman–Crippen MR) is 114 cm³/mol. The second-order valence-electron chi connectivity index (χ2n) is 7.79. The van der Waals surface area contributed by atoms with E-state index < -0.39 is 0 Å². The fourth-order valence-corrected chi connectivity index (χ4v) is 3.69. The van der Waals surface area contributed by atoms with Gasteiger partial charge in [0, 0.05) is 26.2 Å². The Hall–Kier alpha value is -3.03. The fraction of sp³-hybridized carbons (Fsp3) is 0.333. The molecule has 4 rings (SSSR count). The molecule has 2 aromatic carbocycles. The molecule has 0 radical (unpaired) electrons. The van der Waals surface area contributed by atoms with Gasteiger partial charge in [0.15, 0.2) is 5.69 Å². The summed E-state index contributed by atoms with van der Waals surface area (Å²) in [5.41, 5.74) is 3.66. The molecule has 0 bridgehead atoms. The maximum absolute atomic E-state index is 13.3. The molecule has 31 heavy (non-hydrogen) atoms. The minimum Gasteiger partial charge on any atom is -0.447 e. The van der Waals surface area contributed by atoms with Gasteiger partial charge in [-0.05, 0) is 30.2 Å². The lowest BCUT2D eigenvalue weighted by molar-refractivity contribution is 0.0299. The zero-order valence-corrected chi connectivity index (χ0v) is 17.6. The molecule has 162 valence electrons. The van der Waals surface area contributed by atoms with Crippen molar-refractivity contribution in [2.75, 3.05) is 26.3 Å². The summed E-state index contributed by atoms with van der Waals surface area (Å²) in [5, 5.41) is 0. The number of oxazole rings is 1. The topological polar surface area (TPSA) is 58.8 Å². The number of benzene rings is 2. The van der Waals surface area contributed by atoms with E-state index in [1.807, 2.05) is 6.07 Å². The maximum Gasteiger partial charge on any atom is 0.275 e. The van der Waals surface area contributed by atoms with Gasteiger partial charge in [-0.3, -0.25) is 9.69 Å². The van der Waals surface area contributed by atoms with Gasteiger partial charge < -0.3 is 14.1 Å². The number of nitrogens with zero attached hydrogens (tertiary/aromatic N) is 3. The summed E-state index contributed by atoms with van der Waals surface area (Å²) in [6, 6.07) is 14.8. The Bertz CT molecular complexity index is 1010. The second-order valence-corrected chi connectivity index (χ2v) is 7.79. The Morgan fingerprint density at radius 1 is 1.06 bits per heavy atom. The Morgan fingerprint density at radius 2 is 1.81 bits per heavy atom. The van der Waals surface area contributed by atoms with E-state index in [4.69, 9.17) is 9.15 Å². The summed E-state index contributed by atoms with van der Waals surface area (Å²) in [6.07, 6.45) is 1.43. The molecule has 0 unspecified atom stereocenters. The van der Waals surface area contributed by atoms with Crippen LogP contribution in [0.2, 0.25) is 0 Å². The lowest BCUT2D eigenvalue weighted by Gasteiger charge is -2.25. The van der Waals surface area contributed by atoms with Gasteiger partial charge in [-0.15, -0.1) is 0 Å². The lowest BCUT2D eigenvalue weighted by atomic mass is 10.1. The summed E-state index contributed by atoms with van der Waals surface area (Å²) in [7, 11) is 0. The van der Waals surface area contributed by atoms with Crippen molar-refractivity contribution < 1.29 is 18.3 Å². The minimum atomic E-state index is -0.257. The molecule has 0 spiro atoms. The number of morpholine rings is 1. The van der Waals surface area contributed by atoms with Gasteiger partial charge in [0.25, 0.3) is 5.91 Å². The van der Waals surface area contributed by atoms with E-state index >= 15 is 0 Å². The molecule has 0 aliphatic carbocycles. The van der Waals surface area contributed by atoms with Crippen molar-refractivity contribution in [3.63, 3.8) is 0 Å². The molecule has 1 aliphatic heterocycles. The van der Waals surface area contributed by atoms with Crippen molar-refractivity contribution in [2.45, 2.75) is 26.6 Å². The van der Waals surface area contributed by atoms with Gasteiger partial charge in [0.05, 0.1) is 19.8 Å². The first kappa shape index (κ1) is 21.2. The van der Waals surface area contributed by atoms with Gasteiger partial charge in [0.2, 0.25) is 5.89 Å². The molecule has 6 nitrogen and oxygen atoms in total. The van der Waals surface area contributed by atoms with Crippen molar-refractivity contribution in [3.8, 4) is 0 Å². The maximum atomic E-state index is 13.3. The first-order valence-corrected chi connectivity index (χ1v) is 10.4. The largest absolute Gasteiger partial charge is 0.447 e. The molecule has 3 aromatic rings. The average Bonchev–Trinajstić information content (AvgIpc) is 3.24. The predicted octanol–water partition coefficient (Wildman–Crippen LogP) is 3.80. The van der Waals surface area contributed by atoms with E-state index in [0.29, 0.717) is 57.5 Å². The zero-order chi connectivity index (χ0) is 21.6. The lowest BCUT2D eigenvalue weighted by Crippen LogP contribution is -2.40. The molecule has 0 N–H and O–H groups in total. The third-order valence-corrected chi connectivity index (χ3v) is 5.24. The molecule has 1 aromatic heterocycles. The van der Waals surface area contributed by atoms with Crippen LogP contribution in [0.15, 0.2) is 59.2 Å². The van der Waals surface area contributed by atoms with E-state index in [9.17, 15) is 9.18 Å². The molecule has 1 fully saturated rings. The molecule has 1 amide bonds. The smallest absolute Gasteiger partial charge is 0.275 e. The standard InChI is InChI=1S/C24H26FN3O3/c1-18-3-2-4-20(13-18)15-27(14-19-5-7-21(25)8-6-19)16-23-26-22(17-31-23)24(29)28-9-11-30-12-10-28/h2-8,13,17H,9-12,14-16H2,1H3. The Morgan fingerprint density at radius 3 is 2.55 bits per heavy atom. The highest BCUT2D eigenvalue weighted by atomic mass is 19.1. The summed E-state index contributed by atoms with van der Waals surface area (Å²) < 4.78 is 24.3. The number of hydrogen-bond acceptors (Lipinski definition) is 5. The van der Waals surface area contributed by atoms with Crippen molar-refractivity contribution in [1.29, 1.82) is 0 Å². The molecule has 2 heterocycles. The van der Waals surface area contributed by atoms with E-state index in [1.165, 1.54) is 29.5 Å². The summed E-state index contributed by atoms with van der Waals surface area (Å²) in [4.78, 5) is 21.0. The van der Waals surface area contributed by atoms with Crippen LogP contribution in [-0.2, 0) is 24.4 Å². The number of amides is 1. The number of hydrogen-bond donors (Lipinski definition) is 0. The van der Waals surface area contributed by atoms with Gasteiger partial charge in [-0.2, -0.15) is 0 Å². The van der Waals surface area contributed by atoms with Gasteiger partial charge >= 0.3 is 0 Å². The van der Waals surface area contributed by atoms with Crippen molar-refractivity contribution >= 4 is 5.91 Å². The molecule has 7 heteroatoms. The summed E-state index contributed by atoms with van der Waals surface area (Å²) >= 11 is 0. The number of halogens is 1. The number of aryl methyl sites for hydroxylation is 1. The van der Waals surface area contributed by atoms with Crippen LogP contribution in [0.3, 0.4) is 0 Å². The van der Waals surface area contributed by atoms with Crippen LogP contribution in [0.25, 0.3) is 0 Å². The van der Waals surface area contributed by atoms with E-state index in [1.54, 1.807) is 17.0 Å². The summed E-state index contributed by atoms with van der Waals surface area (Å²) in [6.45, 7) is 5.97. The van der Waals surface area contributed by atoms with Crippen molar-refractivity contribution in [2.24, 2.45) is 0 Å². The van der Waals surface area contributed by atoms with E-state index in [0.717, 1.165) is 5.56 Å². The molecule has 0 atom stereocenters. The highest BCUT2D eigenvalue weighted by Crippen LogP contribution is 2.16. The van der Waals surface area contributed by atoms with Crippen LogP contribution < -0.4 is 0 Å². The monoisotopic (exact) mass is 423 g/mol. The molecular weight excluding hydrogens is 397 g/mol. The highest BCUT2D eigenvalue weighted by molar-refractivity contribution is 5.92. The zero-order valence-electron chi connectivity index (χ0n) is 17.6. The minimum absolute atomic E-state index is 0.137. The molecule has 0 saturated carbocycles. The fourth-order valence-electron chi connectivity index (χ4n) is 3.69. The molecular formula is C24H26FN3O3. The number of rotatable bonds is 7. The Balaban J connectivity index is 1.49. The Kier molecular flexibility index (Phi) is 6.74. The quantitative estimate of drug-likeness (QED) is 0.579. The van der Waals surface area contributed by atoms with Crippen molar-refractivity contribution in [1.82, 2.24) is 14.8 Å². The van der Waals surface area contributed by atoms with Crippen LogP contribution >= 0.6 is 0 Å². The van der Waals surface area contributed by atoms with Crippen LogP contribution in [0.1, 0.15) is 33.1 Å². The number of carbonyl (C=O) groups excluding carboxylic acids is 1. The van der Waals surface area contributed by atoms with E-state index in [2.05, 4.69) is 35.0 Å². The number of carbonyl (C=O) groups is 1. The Labute approximate surface area is 181 Å².